The monoisotopic (exact) mass is 267 g/mol. The van der Waals surface area contributed by atoms with Gasteiger partial charge < -0.3 is 10.6 Å². The number of nitrogens with one attached hydrogen (secondary N) is 2. The molecule has 0 bridgehead atoms. The Morgan fingerprint density at radius 1 is 1.30 bits per heavy atom. The number of amides is 1. The van der Waals surface area contributed by atoms with Gasteiger partial charge in [-0.15, -0.1) is 0 Å². The lowest BCUT2D eigenvalue weighted by atomic mass is 9.95. The molecule has 0 aliphatic carbocycles. The van der Waals surface area contributed by atoms with Crippen LogP contribution in [-0.4, -0.2) is 17.4 Å². The van der Waals surface area contributed by atoms with Crippen LogP contribution in [0.2, 0.25) is 0 Å². The molecule has 2 aromatic rings. The van der Waals surface area contributed by atoms with E-state index < -0.39 is 0 Å². The number of hydrogen-bond acceptors (Lipinski definition) is 3. The molecular weight excluding hydrogens is 250 g/mol. The van der Waals surface area contributed by atoms with Crippen LogP contribution in [0, 0.1) is 6.92 Å². The molecule has 20 heavy (non-hydrogen) atoms. The number of aryl methyl sites for hydroxylation is 1. The van der Waals surface area contributed by atoms with Crippen molar-refractivity contribution < 1.29 is 4.79 Å². The van der Waals surface area contributed by atoms with E-state index in [1.807, 2.05) is 31.2 Å². The molecule has 0 spiro atoms. The Morgan fingerprint density at radius 2 is 2.20 bits per heavy atom. The number of pyridine rings is 1. The summed E-state index contributed by atoms with van der Waals surface area (Å²) < 4.78 is 0. The largest absolute Gasteiger partial charge is 0.320 e. The zero-order valence-corrected chi connectivity index (χ0v) is 11.4. The Hall–Kier alpha value is -2.20. The van der Waals surface area contributed by atoms with E-state index in [-0.39, 0.29) is 5.91 Å². The molecule has 1 aliphatic rings. The van der Waals surface area contributed by atoms with Crippen LogP contribution >= 0.6 is 0 Å². The summed E-state index contributed by atoms with van der Waals surface area (Å²) in [6.07, 6.45) is 2.62. The van der Waals surface area contributed by atoms with E-state index in [2.05, 4.69) is 21.7 Å². The van der Waals surface area contributed by atoms with Crippen molar-refractivity contribution in [2.45, 2.75) is 19.9 Å². The number of hydrogen-bond donors (Lipinski definition) is 2. The van der Waals surface area contributed by atoms with E-state index in [9.17, 15) is 4.79 Å². The van der Waals surface area contributed by atoms with Crippen LogP contribution in [0.4, 0.5) is 5.69 Å². The standard InChI is InChI=1S/C16H17N3O/c1-11-15(6-3-8-18-11)19-16(20)14-5-2-4-12-10-17-9-7-13(12)14/h2-6,8,17H,7,9-10H2,1H3,(H,19,20). The molecule has 0 saturated heterocycles. The average molecular weight is 267 g/mol. The molecule has 1 aliphatic heterocycles. The zero-order chi connectivity index (χ0) is 13.9. The van der Waals surface area contributed by atoms with Gasteiger partial charge in [0.25, 0.3) is 5.91 Å². The number of rotatable bonds is 2. The van der Waals surface area contributed by atoms with Crippen LogP contribution in [0.5, 0.6) is 0 Å². The Balaban J connectivity index is 1.90. The average Bonchev–Trinajstić information content (AvgIpc) is 2.49. The molecule has 4 nitrogen and oxygen atoms in total. The molecule has 0 saturated carbocycles. The molecule has 0 fully saturated rings. The van der Waals surface area contributed by atoms with Gasteiger partial charge in [0.2, 0.25) is 0 Å². The Kier molecular flexibility index (Phi) is 3.48. The van der Waals surface area contributed by atoms with Crippen molar-refractivity contribution in [3.8, 4) is 0 Å². The SMILES string of the molecule is Cc1ncccc1NC(=O)c1cccc2c1CCNC2. The minimum absolute atomic E-state index is 0.0557. The predicted molar refractivity (Wildman–Crippen MR) is 78.8 cm³/mol. The third kappa shape index (κ3) is 2.42. The number of anilines is 1. The van der Waals surface area contributed by atoms with E-state index >= 15 is 0 Å². The van der Waals surface area contributed by atoms with Crippen molar-refractivity contribution in [3.63, 3.8) is 0 Å². The van der Waals surface area contributed by atoms with Crippen LogP contribution in [0.1, 0.15) is 27.2 Å². The second kappa shape index (κ2) is 5.43. The summed E-state index contributed by atoms with van der Waals surface area (Å²) in [6, 6.07) is 9.61. The van der Waals surface area contributed by atoms with Crippen molar-refractivity contribution in [1.29, 1.82) is 0 Å². The first kappa shape index (κ1) is 12.8. The maximum Gasteiger partial charge on any atom is 0.256 e. The maximum absolute atomic E-state index is 12.5. The fraction of sp³-hybridized carbons (Fsp3) is 0.250. The highest BCUT2D eigenvalue weighted by atomic mass is 16.1. The summed E-state index contributed by atoms with van der Waals surface area (Å²) in [4.78, 5) is 16.7. The van der Waals surface area contributed by atoms with E-state index in [0.29, 0.717) is 0 Å². The number of aromatic nitrogens is 1. The van der Waals surface area contributed by atoms with E-state index in [1.54, 1.807) is 6.20 Å². The summed E-state index contributed by atoms with van der Waals surface area (Å²) in [5.41, 5.74) is 4.74. The number of carbonyl (C=O) groups is 1. The molecule has 0 radical (unpaired) electrons. The molecule has 2 N–H and O–H groups in total. The predicted octanol–water partition coefficient (Wildman–Crippen LogP) is 2.29. The Labute approximate surface area is 118 Å². The van der Waals surface area contributed by atoms with Gasteiger partial charge in [0, 0.05) is 18.3 Å². The lowest BCUT2D eigenvalue weighted by Gasteiger charge is -2.20. The number of benzene rings is 1. The first-order valence-corrected chi connectivity index (χ1v) is 6.80. The molecule has 0 unspecified atom stereocenters. The van der Waals surface area contributed by atoms with Gasteiger partial charge in [-0.2, -0.15) is 0 Å². The van der Waals surface area contributed by atoms with Gasteiger partial charge in [-0.25, -0.2) is 0 Å². The third-order valence-corrected chi connectivity index (χ3v) is 3.64. The number of fused-ring (bicyclic) bond motifs is 1. The molecule has 102 valence electrons. The molecule has 1 aromatic heterocycles. The second-order valence-electron chi connectivity index (χ2n) is 4.96. The van der Waals surface area contributed by atoms with Crippen molar-refractivity contribution in [3.05, 3.63) is 58.9 Å². The van der Waals surface area contributed by atoms with Crippen molar-refractivity contribution >= 4 is 11.6 Å². The fourth-order valence-electron chi connectivity index (χ4n) is 2.55. The first-order chi connectivity index (χ1) is 9.75. The summed E-state index contributed by atoms with van der Waals surface area (Å²) in [5, 5.41) is 6.28. The fourth-order valence-corrected chi connectivity index (χ4v) is 2.55. The smallest absolute Gasteiger partial charge is 0.256 e. The maximum atomic E-state index is 12.5. The number of carbonyl (C=O) groups excluding carboxylic acids is 1. The minimum Gasteiger partial charge on any atom is -0.320 e. The van der Waals surface area contributed by atoms with E-state index in [4.69, 9.17) is 0 Å². The van der Waals surface area contributed by atoms with Gasteiger partial charge in [0.1, 0.15) is 0 Å². The van der Waals surface area contributed by atoms with Crippen LogP contribution in [0.25, 0.3) is 0 Å². The first-order valence-electron chi connectivity index (χ1n) is 6.80. The van der Waals surface area contributed by atoms with Crippen LogP contribution < -0.4 is 10.6 Å². The lowest BCUT2D eigenvalue weighted by molar-refractivity contribution is 0.102. The van der Waals surface area contributed by atoms with Crippen LogP contribution in [0.3, 0.4) is 0 Å². The highest BCUT2D eigenvalue weighted by molar-refractivity contribution is 6.05. The Bertz CT molecular complexity index is 652. The van der Waals surface area contributed by atoms with Gasteiger partial charge in [0.15, 0.2) is 0 Å². The quantitative estimate of drug-likeness (QED) is 0.877. The summed E-state index contributed by atoms with van der Waals surface area (Å²) in [5.74, 6) is -0.0557. The van der Waals surface area contributed by atoms with Crippen molar-refractivity contribution in [2.75, 3.05) is 11.9 Å². The molecule has 0 atom stereocenters. The topological polar surface area (TPSA) is 54.0 Å². The molecular formula is C16H17N3O. The lowest BCUT2D eigenvalue weighted by Crippen LogP contribution is -2.26. The molecule has 1 amide bonds. The van der Waals surface area contributed by atoms with Gasteiger partial charge in [-0.1, -0.05) is 12.1 Å². The van der Waals surface area contributed by atoms with Gasteiger partial charge in [-0.05, 0) is 49.2 Å². The molecule has 3 rings (SSSR count). The molecule has 1 aromatic carbocycles. The van der Waals surface area contributed by atoms with E-state index in [1.165, 1.54) is 5.56 Å². The molecule has 2 heterocycles. The number of nitrogens with zero attached hydrogens (tertiary/aromatic N) is 1. The minimum atomic E-state index is -0.0557. The normalized spacial score (nSPS) is 13.7. The van der Waals surface area contributed by atoms with Crippen molar-refractivity contribution in [2.24, 2.45) is 0 Å². The Morgan fingerprint density at radius 3 is 3.05 bits per heavy atom. The molecule has 4 heteroatoms. The van der Waals surface area contributed by atoms with Crippen LogP contribution in [-0.2, 0) is 13.0 Å². The highest BCUT2D eigenvalue weighted by Crippen LogP contribution is 2.20. The van der Waals surface area contributed by atoms with Crippen LogP contribution in [0.15, 0.2) is 36.5 Å². The van der Waals surface area contributed by atoms with E-state index in [0.717, 1.165) is 42.0 Å². The van der Waals surface area contributed by atoms with Gasteiger partial charge in [-0.3, -0.25) is 9.78 Å². The van der Waals surface area contributed by atoms with Gasteiger partial charge in [0.05, 0.1) is 11.4 Å². The summed E-state index contributed by atoms with van der Waals surface area (Å²) in [7, 11) is 0. The highest BCUT2D eigenvalue weighted by Gasteiger charge is 2.17. The second-order valence-corrected chi connectivity index (χ2v) is 4.96. The van der Waals surface area contributed by atoms with Crippen molar-refractivity contribution in [1.82, 2.24) is 10.3 Å². The summed E-state index contributed by atoms with van der Waals surface area (Å²) in [6.45, 7) is 3.64. The summed E-state index contributed by atoms with van der Waals surface area (Å²) >= 11 is 0. The zero-order valence-electron chi connectivity index (χ0n) is 11.4. The third-order valence-electron chi connectivity index (χ3n) is 3.64. The van der Waals surface area contributed by atoms with Gasteiger partial charge >= 0.3 is 0 Å².